The summed E-state index contributed by atoms with van der Waals surface area (Å²) < 4.78 is 19.1. The fraction of sp³-hybridized carbons (Fsp3) is 0.143. The molecule has 19 heavy (non-hydrogen) atoms. The number of halogens is 4. The average molecular weight is 408 g/mol. The van der Waals surface area contributed by atoms with Crippen molar-refractivity contribution in [3.05, 3.63) is 62.8 Å². The van der Waals surface area contributed by atoms with E-state index in [4.69, 9.17) is 16.3 Å². The summed E-state index contributed by atoms with van der Waals surface area (Å²) in [5.41, 5.74) is 1.81. The molecule has 0 fully saturated rings. The Hall–Kier alpha value is -0.580. The number of hydrogen-bond acceptors (Lipinski definition) is 1. The SMILES string of the molecule is COc1cc(F)c(Br)cc1C(Br)c1cccc(Cl)c1. The average Bonchev–Trinajstić information content (AvgIpc) is 2.40. The lowest BCUT2D eigenvalue weighted by atomic mass is 10.0. The van der Waals surface area contributed by atoms with Crippen molar-refractivity contribution < 1.29 is 9.13 Å². The highest BCUT2D eigenvalue weighted by molar-refractivity contribution is 9.10. The Morgan fingerprint density at radius 2 is 2.00 bits per heavy atom. The number of benzene rings is 2. The van der Waals surface area contributed by atoms with E-state index < -0.39 is 0 Å². The summed E-state index contributed by atoms with van der Waals surface area (Å²) in [7, 11) is 1.52. The van der Waals surface area contributed by atoms with Gasteiger partial charge in [0.05, 0.1) is 16.4 Å². The molecule has 0 amide bonds. The summed E-state index contributed by atoms with van der Waals surface area (Å²) in [6.45, 7) is 0. The molecular formula is C14H10Br2ClFO. The molecule has 1 nitrogen and oxygen atoms in total. The second kappa shape index (κ2) is 6.25. The Labute approximate surface area is 133 Å². The van der Waals surface area contributed by atoms with Crippen LogP contribution in [-0.2, 0) is 0 Å². The van der Waals surface area contributed by atoms with Gasteiger partial charge in [0.1, 0.15) is 11.6 Å². The van der Waals surface area contributed by atoms with Gasteiger partial charge in [0.2, 0.25) is 0 Å². The summed E-state index contributed by atoms with van der Waals surface area (Å²) in [4.78, 5) is -0.127. The molecule has 1 unspecified atom stereocenters. The van der Waals surface area contributed by atoms with Crippen LogP contribution in [0.5, 0.6) is 5.75 Å². The lowest BCUT2D eigenvalue weighted by Gasteiger charge is -2.16. The smallest absolute Gasteiger partial charge is 0.141 e. The first-order valence-corrected chi connectivity index (χ1v) is 7.54. The lowest BCUT2D eigenvalue weighted by Crippen LogP contribution is -1.98. The molecule has 0 aliphatic carbocycles. The van der Waals surface area contributed by atoms with E-state index in [9.17, 15) is 4.39 Å². The second-order valence-electron chi connectivity index (χ2n) is 3.93. The van der Waals surface area contributed by atoms with Crippen molar-refractivity contribution in [2.45, 2.75) is 4.83 Å². The maximum atomic E-state index is 13.5. The Kier molecular flexibility index (Phi) is 4.87. The molecule has 0 aromatic heterocycles. The maximum Gasteiger partial charge on any atom is 0.141 e. The quantitative estimate of drug-likeness (QED) is 0.589. The fourth-order valence-corrected chi connectivity index (χ4v) is 2.96. The molecule has 0 aliphatic heterocycles. The van der Waals surface area contributed by atoms with E-state index in [0.29, 0.717) is 15.2 Å². The van der Waals surface area contributed by atoms with Gasteiger partial charge in [-0.25, -0.2) is 4.39 Å². The topological polar surface area (TPSA) is 9.23 Å². The molecule has 1 atom stereocenters. The van der Waals surface area contributed by atoms with Gasteiger partial charge in [0, 0.05) is 16.7 Å². The van der Waals surface area contributed by atoms with Crippen molar-refractivity contribution in [3.8, 4) is 5.75 Å². The van der Waals surface area contributed by atoms with E-state index in [1.807, 2.05) is 24.3 Å². The largest absolute Gasteiger partial charge is 0.496 e. The minimum atomic E-state index is -0.355. The minimum Gasteiger partial charge on any atom is -0.496 e. The van der Waals surface area contributed by atoms with Gasteiger partial charge in [-0.1, -0.05) is 39.7 Å². The Morgan fingerprint density at radius 3 is 2.63 bits per heavy atom. The van der Waals surface area contributed by atoms with Gasteiger partial charge in [-0.15, -0.1) is 0 Å². The second-order valence-corrected chi connectivity index (χ2v) is 6.13. The van der Waals surface area contributed by atoms with Gasteiger partial charge in [0.15, 0.2) is 0 Å². The summed E-state index contributed by atoms with van der Waals surface area (Å²) >= 11 is 12.8. The zero-order valence-corrected chi connectivity index (χ0v) is 13.9. The van der Waals surface area contributed by atoms with Crippen molar-refractivity contribution in [2.24, 2.45) is 0 Å². The normalized spacial score (nSPS) is 12.3. The van der Waals surface area contributed by atoms with E-state index >= 15 is 0 Å². The molecule has 0 aliphatic rings. The summed E-state index contributed by atoms with van der Waals surface area (Å²) in [6.07, 6.45) is 0. The maximum absolute atomic E-state index is 13.5. The Morgan fingerprint density at radius 1 is 1.26 bits per heavy atom. The van der Waals surface area contributed by atoms with Crippen molar-refractivity contribution in [1.29, 1.82) is 0 Å². The third-order valence-corrected chi connectivity index (χ3v) is 4.55. The molecule has 0 saturated carbocycles. The van der Waals surface area contributed by atoms with Crippen LogP contribution >= 0.6 is 43.5 Å². The predicted octanol–water partition coefficient (Wildman–Crippen LogP) is 5.73. The van der Waals surface area contributed by atoms with E-state index in [1.165, 1.54) is 13.2 Å². The van der Waals surface area contributed by atoms with Gasteiger partial charge in [0.25, 0.3) is 0 Å². The number of methoxy groups -OCH3 is 1. The summed E-state index contributed by atoms with van der Waals surface area (Å²) in [5.74, 6) is 0.133. The third kappa shape index (κ3) is 3.30. The zero-order valence-electron chi connectivity index (χ0n) is 9.96. The number of ether oxygens (including phenoxy) is 1. The summed E-state index contributed by atoms with van der Waals surface area (Å²) in [5, 5.41) is 0.655. The first-order chi connectivity index (χ1) is 9.02. The predicted molar refractivity (Wildman–Crippen MR) is 82.9 cm³/mol. The van der Waals surface area contributed by atoms with Crippen LogP contribution in [0.1, 0.15) is 16.0 Å². The molecular weight excluding hydrogens is 398 g/mol. The van der Waals surface area contributed by atoms with Crippen molar-refractivity contribution in [1.82, 2.24) is 0 Å². The highest BCUT2D eigenvalue weighted by Crippen LogP contribution is 2.39. The van der Waals surface area contributed by atoms with E-state index in [0.717, 1.165) is 11.1 Å². The first kappa shape index (κ1) is 14.8. The highest BCUT2D eigenvalue weighted by atomic mass is 79.9. The van der Waals surface area contributed by atoms with E-state index in [-0.39, 0.29) is 10.6 Å². The summed E-state index contributed by atoms with van der Waals surface area (Å²) in [6, 6.07) is 10.5. The van der Waals surface area contributed by atoms with Gasteiger partial charge < -0.3 is 4.74 Å². The van der Waals surface area contributed by atoms with Crippen molar-refractivity contribution >= 4 is 43.5 Å². The highest BCUT2D eigenvalue weighted by Gasteiger charge is 2.18. The number of hydrogen-bond donors (Lipinski definition) is 0. The first-order valence-electron chi connectivity index (χ1n) is 5.45. The van der Waals surface area contributed by atoms with Gasteiger partial charge >= 0.3 is 0 Å². The Bertz CT molecular complexity index is 604. The zero-order chi connectivity index (χ0) is 14.0. The number of alkyl halides is 1. The molecule has 2 aromatic rings. The molecule has 0 N–H and O–H groups in total. The molecule has 0 saturated heterocycles. The standard InChI is InChI=1S/C14H10Br2ClFO/c1-19-13-7-12(18)11(15)6-10(13)14(16)8-3-2-4-9(17)5-8/h2-7,14H,1H3. The van der Waals surface area contributed by atoms with Crippen LogP contribution < -0.4 is 4.74 Å². The fourth-order valence-electron chi connectivity index (χ4n) is 1.76. The van der Waals surface area contributed by atoms with Crippen LogP contribution in [0.25, 0.3) is 0 Å². The van der Waals surface area contributed by atoms with Gasteiger partial charge in [-0.2, -0.15) is 0 Å². The van der Waals surface area contributed by atoms with Gasteiger partial charge in [-0.05, 0) is 39.7 Å². The number of rotatable bonds is 3. The monoisotopic (exact) mass is 406 g/mol. The molecule has 0 spiro atoms. The lowest BCUT2D eigenvalue weighted by molar-refractivity contribution is 0.406. The van der Waals surface area contributed by atoms with Crippen LogP contribution in [0.4, 0.5) is 4.39 Å². The molecule has 0 heterocycles. The van der Waals surface area contributed by atoms with Crippen LogP contribution in [0.3, 0.4) is 0 Å². The van der Waals surface area contributed by atoms with Crippen molar-refractivity contribution in [2.75, 3.05) is 7.11 Å². The van der Waals surface area contributed by atoms with E-state index in [1.54, 1.807) is 6.07 Å². The molecule has 0 radical (unpaired) electrons. The Balaban J connectivity index is 2.49. The molecule has 2 rings (SSSR count). The van der Waals surface area contributed by atoms with Crippen LogP contribution in [0.2, 0.25) is 5.02 Å². The van der Waals surface area contributed by atoms with Crippen LogP contribution in [0, 0.1) is 5.82 Å². The van der Waals surface area contributed by atoms with Crippen molar-refractivity contribution in [3.63, 3.8) is 0 Å². The molecule has 5 heteroatoms. The molecule has 2 aromatic carbocycles. The third-order valence-electron chi connectivity index (χ3n) is 2.69. The van der Waals surface area contributed by atoms with E-state index in [2.05, 4.69) is 31.9 Å². The molecule has 100 valence electrons. The van der Waals surface area contributed by atoms with Crippen LogP contribution in [-0.4, -0.2) is 7.11 Å². The van der Waals surface area contributed by atoms with Gasteiger partial charge in [-0.3, -0.25) is 0 Å². The van der Waals surface area contributed by atoms with Crippen LogP contribution in [0.15, 0.2) is 40.9 Å². The minimum absolute atomic E-state index is 0.127. The molecule has 0 bridgehead atoms.